The number of hydrogen-bond donors (Lipinski definition) is 1. The van der Waals surface area contributed by atoms with Gasteiger partial charge in [-0.25, -0.2) is 0 Å². The van der Waals surface area contributed by atoms with Gasteiger partial charge < -0.3 is 9.52 Å². The summed E-state index contributed by atoms with van der Waals surface area (Å²) in [5.74, 6) is 0.791. The molecule has 0 saturated carbocycles. The van der Waals surface area contributed by atoms with Crippen LogP contribution in [0, 0.1) is 0 Å². The number of halogens is 1. The predicted octanol–water partition coefficient (Wildman–Crippen LogP) is 2.62. The average Bonchev–Trinajstić information content (AvgIpc) is 2.46. The van der Waals surface area contributed by atoms with Gasteiger partial charge >= 0.3 is 0 Å². The van der Waals surface area contributed by atoms with Crippen molar-refractivity contribution >= 4 is 22.6 Å². The maximum Gasteiger partial charge on any atom is 0.134 e. The van der Waals surface area contributed by atoms with Crippen LogP contribution in [-0.4, -0.2) is 11.7 Å². The Hall–Kier alpha value is -0.990. The zero-order valence-corrected chi connectivity index (χ0v) is 7.71. The quantitative estimate of drug-likeness (QED) is 0.801. The summed E-state index contributed by atoms with van der Waals surface area (Å²) in [5.41, 5.74) is 0.813. The molecule has 1 aromatic heterocycles. The zero-order chi connectivity index (χ0) is 9.26. The molecule has 0 unspecified atom stereocenters. The highest BCUT2D eigenvalue weighted by Gasteiger charge is 2.02. The van der Waals surface area contributed by atoms with Gasteiger partial charge in [0, 0.05) is 16.8 Å². The molecule has 3 heteroatoms. The van der Waals surface area contributed by atoms with Crippen LogP contribution in [0.1, 0.15) is 5.76 Å². The molecule has 2 aromatic rings. The van der Waals surface area contributed by atoms with Crippen LogP contribution in [0.15, 0.2) is 28.7 Å². The molecule has 1 heterocycles. The predicted molar refractivity (Wildman–Crippen MR) is 52.0 cm³/mol. The zero-order valence-electron chi connectivity index (χ0n) is 6.96. The van der Waals surface area contributed by atoms with Crippen molar-refractivity contribution in [1.82, 2.24) is 0 Å². The van der Waals surface area contributed by atoms with Crippen molar-refractivity contribution in [3.63, 3.8) is 0 Å². The van der Waals surface area contributed by atoms with Gasteiger partial charge in [0.1, 0.15) is 11.3 Å². The number of furan rings is 1. The summed E-state index contributed by atoms with van der Waals surface area (Å²) in [4.78, 5) is 0. The Bertz CT molecular complexity index is 420. The minimum atomic E-state index is 0.105. The first kappa shape index (κ1) is 8.60. The van der Waals surface area contributed by atoms with Crippen LogP contribution in [0.4, 0.5) is 0 Å². The van der Waals surface area contributed by atoms with Gasteiger partial charge in [0.2, 0.25) is 0 Å². The summed E-state index contributed by atoms with van der Waals surface area (Å²) >= 11 is 5.81. The topological polar surface area (TPSA) is 33.4 Å². The molecular weight excluding hydrogens is 188 g/mol. The number of rotatable bonds is 2. The van der Waals surface area contributed by atoms with Crippen LogP contribution >= 0.6 is 11.6 Å². The molecule has 68 valence electrons. The van der Waals surface area contributed by atoms with Gasteiger partial charge in [-0.1, -0.05) is 11.6 Å². The Morgan fingerprint density at radius 3 is 2.92 bits per heavy atom. The highest BCUT2D eigenvalue weighted by Crippen LogP contribution is 2.22. The third-order valence-electron chi connectivity index (χ3n) is 1.89. The Morgan fingerprint density at radius 1 is 1.31 bits per heavy atom. The summed E-state index contributed by atoms with van der Waals surface area (Å²) in [6.45, 7) is 0.105. The fourth-order valence-corrected chi connectivity index (χ4v) is 1.48. The number of fused-ring (bicyclic) bond motifs is 1. The molecule has 13 heavy (non-hydrogen) atoms. The number of aliphatic hydroxyl groups is 1. The van der Waals surface area contributed by atoms with E-state index in [1.54, 1.807) is 6.07 Å². The van der Waals surface area contributed by atoms with Crippen molar-refractivity contribution in [3.8, 4) is 0 Å². The Labute approximate surface area is 80.7 Å². The third kappa shape index (κ3) is 1.69. The van der Waals surface area contributed by atoms with Gasteiger partial charge in [-0.3, -0.25) is 0 Å². The average molecular weight is 197 g/mol. The minimum Gasteiger partial charge on any atom is -0.461 e. The van der Waals surface area contributed by atoms with E-state index in [1.165, 1.54) is 0 Å². The van der Waals surface area contributed by atoms with E-state index in [0.717, 1.165) is 16.7 Å². The third-order valence-corrected chi connectivity index (χ3v) is 2.12. The lowest BCUT2D eigenvalue weighted by atomic mass is 10.2. The monoisotopic (exact) mass is 196 g/mol. The maximum absolute atomic E-state index is 8.71. The van der Waals surface area contributed by atoms with Crippen molar-refractivity contribution in [2.24, 2.45) is 0 Å². The first-order chi connectivity index (χ1) is 6.29. The summed E-state index contributed by atoms with van der Waals surface area (Å²) in [5, 5.41) is 10.4. The molecule has 2 nitrogen and oxygen atoms in total. The van der Waals surface area contributed by atoms with Crippen LogP contribution in [0.3, 0.4) is 0 Å². The Kier molecular flexibility index (Phi) is 2.25. The molecule has 2 rings (SSSR count). The summed E-state index contributed by atoms with van der Waals surface area (Å²) < 4.78 is 5.44. The molecule has 1 aromatic carbocycles. The fraction of sp³-hybridized carbons (Fsp3) is 0.200. The van der Waals surface area contributed by atoms with E-state index < -0.39 is 0 Å². The Balaban J connectivity index is 2.49. The number of aliphatic hydroxyl groups excluding tert-OH is 1. The Morgan fingerprint density at radius 2 is 2.15 bits per heavy atom. The van der Waals surface area contributed by atoms with Crippen LogP contribution < -0.4 is 0 Å². The van der Waals surface area contributed by atoms with Gasteiger partial charge in [-0.2, -0.15) is 0 Å². The molecule has 0 bridgehead atoms. The van der Waals surface area contributed by atoms with Gasteiger partial charge in [0.05, 0.1) is 6.61 Å². The number of benzene rings is 1. The van der Waals surface area contributed by atoms with E-state index in [4.69, 9.17) is 21.1 Å². The molecule has 0 atom stereocenters. The first-order valence-electron chi connectivity index (χ1n) is 4.08. The lowest BCUT2D eigenvalue weighted by Crippen LogP contribution is -1.85. The largest absolute Gasteiger partial charge is 0.461 e. The van der Waals surface area contributed by atoms with E-state index in [2.05, 4.69) is 0 Å². The molecule has 0 aliphatic carbocycles. The molecule has 0 amide bonds. The molecule has 0 saturated heterocycles. The second kappa shape index (κ2) is 3.40. The first-order valence-corrected chi connectivity index (χ1v) is 4.46. The molecule has 0 fully saturated rings. The molecule has 0 aliphatic rings. The van der Waals surface area contributed by atoms with Crippen LogP contribution in [0.2, 0.25) is 5.02 Å². The maximum atomic E-state index is 8.71. The highest BCUT2D eigenvalue weighted by molar-refractivity contribution is 6.31. The fourth-order valence-electron chi connectivity index (χ4n) is 1.30. The van der Waals surface area contributed by atoms with Crippen molar-refractivity contribution in [3.05, 3.63) is 35.0 Å². The summed E-state index contributed by atoms with van der Waals surface area (Å²) in [6, 6.07) is 7.37. The van der Waals surface area contributed by atoms with Gasteiger partial charge in [0.25, 0.3) is 0 Å². The van der Waals surface area contributed by atoms with Crippen molar-refractivity contribution in [2.75, 3.05) is 6.61 Å². The van der Waals surface area contributed by atoms with Crippen LogP contribution in [0.25, 0.3) is 11.0 Å². The second-order valence-corrected chi connectivity index (χ2v) is 3.30. The lowest BCUT2D eigenvalue weighted by molar-refractivity contribution is 0.289. The minimum absolute atomic E-state index is 0.105. The molecule has 0 radical (unpaired) electrons. The van der Waals surface area contributed by atoms with E-state index in [1.807, 2.05) is 18.2 Å². The van der Waals surface area contributed by atoms with Crippen molar-refractivity contribution < 1.29 is 9.52 Å². The van der Waals surface area contributed by atoms with E-state index in [9.17, 15) is 0 Å². The standard InChI is InChI=1S/C10H9ClO2/c11-8-1-2-10-7(5-8)6-9(13-10)3-4-12/h1-2,5-6,12H,3-4H2. The van der Waals surface area contributed by atoms with Crippen LogP contribution in [0.5, 0.6) is 0 Å². The van der Waals surface area contributed by atoms with Crippen LogP contribution in [-0.2, 0) is 6.42 Å². The van der Waals surface area contributed by atoms with Crippen molar-refractivity contribution in [2.45, 2.75) is 6.42 Å². The normalized spacial score (nSPS) is 10.9. The smallest absolute Gasteiger partial charge is 0.134 e. The summed E-state index contributed by atoms with van der Waals surface area (Å²) in [6.07, 6.45) is 0.548. The van der Waals surface area contributed by atoms with Gasteiger partial charge in [-0.15, -0.1) is 0 Å². The van der Waals surface area contributed by atoms with Crippen molar-refractivity contribution in [1.29, 1.82) is 0 Å². The molecule has 0 aliphatic heterocycles. The van der Waals surface area contributed by atoms with E-state index in [0.29, 0.717) is 11.4 Å². The SMILES string of the molecule is OCCc1cc2cc(Cl)ccc2o1. The van der Waals surface area contributed by atoms with Gasteiger partial charge in [0.15, 0.2) is 0 Å². The molecular formula is C10H9ClO2. The molecule has 1 N–H and O–H groups in total. The summed E-state index contributed by atoms with van der Waals surface area (Å²) in [7, 11) is 0. The molecule has 0 spiro atoms. The highest BCUT2D eigenvalue weighted by atomic mass is 35.5. The van der Waals surface area contributed by atoms with E-state index in [-0.39, 0.29) is 6.61 Å². The van der Waals surface area contributed by atoms with Gasteiger partial charge in [-0.05, 0) is 24.3 Å². The van der Waals surface area contributed by atoms with E-state index >= 15 is 0 Å². The number of hydrogen-bond acceptors (Lipinski definition) is 2. The second-order valence-electron chi connectivity index (χ2n) is 2.87. The lowest BCUT2D eigenvalue weighted by Gasteiger charge is -1.88.